The van der Waals surface area contributed by atoms with E-state index < -0.39 is 22.3 Å². The Morgan fingerprint density at radius 3 is 2.83 bits per heavy atom. The molecule has 1 aromatic carbocycles. The van der Waals surface area contributed by atoms with Crippen molar-refractivity contribution in [2.45, 2.75) is 18.2 Å². The number of hydrogen-bond acceptors (Lipinski definition) is 3. The SMILES string of the molecule is CC(Br)CCNC(=O)c1ccc(F)cc1[N+](=O)[O-]. The van der Waals surface area contributed by atoms with Crippen LogP contribution in [0.1, 0.15) is 23.7 Å². The molecular formula is C11H12BrFN2O3. The quantitative estimate of drug-likeness (QED) is 0.515. The molecule has 1 rings (SSSR count). The molecule has 1 atom stereocenters. The number of rotatable bonds is 5. The molecule has 0 bridgehead atoms. The van der Waals surface area contributed by atoms with Gasteiger partial charge in [0, 0.05) is 11.4 Å². The summed E-state index contributed by atoms with van der Waals surface area (Å²) in [6.45, 7) is 2.31. The van der Waals surface area contributed by atoms with Gasteiger partial charge in [-0.2, -0.15) is 0 Å². The number of benzene rings is 1. The highest BCUT2D eigenvalue weighted by Crippen LogP contribution is 2.19. The molecule has 1 aromatic rings. The second kappa shape index (κ2) is 6.44. The van der Waals surface area contributed by atoms with Gasteiger partial charge >= 0.3 is 0 Å². The molecule has 1 N–H and O–H groups in total. The third kappa shape index (κ3) is 4.06. The minimum atomic E-state index is -0.773. The lowest BCUT2D eigenvalue weighted by Gasteiger charge is -2.06. The van der Waals surface area contributed by atoms with Crippen LogP contribution in [0.15, 0.2) is 18.2 Å². The van der Waals surface area contributed by atoms with E-state index >= 15 is 0 Å². The van der Waals surface area contributed by atoms with Crippen molar-refractivity contribution in [3.63, 3.8) is 0 Å². The first kappa shape index (κ1) is 14.6. The number of alkyl halides is 1. The van der Waals surface area contributed by atoms with Gasteiger partial charge in [-0.15, -0.1) is 0 Å². The summed E-state index contributed by atoms with van der Waals surface area (Å²) >= 11 is 3.32. The minimum Gasteiger partial charge on any atom is -0.352 e. The predicted octanol–water partition coefficient (Wildman–Crippen LogP) is 2.64. The summed E-state index contributed by atoms with van der Waals surface area (Å²) in [5, 5.41) is 13.3. The molecule has 0 heterocycles. The Morgan fingerprint density at radius 1 is 1.61 bits per heavy atom. The van der Waals surface area contributed by atoms with Gasteiger partial charge in [-0.3, -0.25) is 14.9 Å². The zero-order valence-corrected chi connectivity index (χ0v) is 11.2. The Kier molecular flexibility index (Phi) is 5.21. The number of halogens is 2. The maximum atomic E-state index is 12.9. The van der Waals surface area contributed by atoms with Crippen molar-refractivity contribution in [2.75, 3.05) is 6.54 Å². The van der Waals surface area contributed by atoms with Crippen LogP contribution >= 0.6 is 15.9 Å². The van der Waals surface area contributed by atoms with Gasteiger partial charge in [0.1, 0.15) is 11.4 Å². The molecule has 0 fully saturated rings. The van der Waals surface area contributed by atoms with Crippen LogP contribution < -0.4 is 5.32 Å². The lowest BCUT2D eigenvalue weighted by Crippen LogP contribution is -2.26. The molecule has 7 heteroatoms. The van der Waals surface area contributed by atoms with Crippen LogP contribution in [-0.2, 0) is 0 Å². The number of carbonyl (C=O) groups is 1. The number of carbonyl (C=O) groups excluding carboxylic acids is 1. The van der Waals surface area contributed by atoms with E-state index in [0.29, 0.717) is 13.0 Å². The van der Waals surface area contributed by atoms with E-state index in [1.165, 1.54) is 0 Å². The number of nitrogens with one attached hydrogen (secondary N) is 1. The summed E-state index contributed by atoms with van der Waals surface area (Å²) < 4.78 is 12.9. The molecule has 1 amide bonds. The number of amides is 1. The first-order valence-electron chi connectivity index (χ1n) is 5.28. The molecule has 0 spiro atoms. The van der Waals surface area contributed by atoms with Crippen LogP contribution in [0.4, 0.5) is 10.1 Å². The van der Waals surface area contributed by atoms with Crippen molar-refractivity contribution >= 4 is 27.5 Å². The van der Waals surface area contributed by atoms with Crippen LogP contribution in [0.2, 0.25) is 0 Å². The summed E-state index contributed by atoms with van der Waals surface area (Å²) in [5.41, 5.74) is -0.664. The molecule has 0 saturated carbocycles. The van der Waals surface area contributed by atoms with E-state index in [-0.39, 0.29) is 10.4 Å². The van der Waals surface area contributed by atoms with E-state index in [2.05, 4.69) is 21.2 Å². The van der Waals surface area contributed by atoms with Crippen molar-refractivity contribution < 1.29 is 14.1 Å². The Bertz CT molecular complexity index is 466. The van der Waals surface area contributed by atoms with Gasteiger partial charge in [-0.1, -0.05) is 22.9 Å². The largest absolute Gasteiger partial charge is 0.352 e. The molecule has 5 nitrogen and oxygen atoms in total. The van der Waals surface area contributed by atoms with Gasteiger partial charge in [-0.05, 0) is 18.6 Å². The lowest BCUT2D eigenvalue weighted by molar-refractivity contribution is -0.385. The number of nitro groups is 1. The molecule has 98 valence electrons. The second-order valence-corrected chi connectivity index (χ2v) is 5.31. The Labute approximate surface area is 112 Å². The molecule has 0 aliphatic carbocycles. The third-order valence-electron chi connectivity index (χ3n) is 2.23. The highest BCUT2D eigenvalue weighted by atomic mass is 79.9. The minimum absolute atomic E-state index is 0.136. The van der Waals surface area contributed by atoms with Gasteiger partial charge < -0.3 is 5.32 Å². The van der Waals surface area contributed by atoms with Crippen LogP contribution in [-0.4, -0.2) is 22.2 Å². The molecule has 0 aliphatic heterocycles. The van der Waals surface area contributed by atoms with Crippen LogP contribution in [0.5, 0.6) is 0 Å². The van der Waals surface area contributed by atoms with E-state index in [0.717, 1.165) is 18.2 Å². The van der Waals surface area contributed by atoms with Gasteiger partial charge in [-0.25, -0.2) is 4.39 Å². The zero-order chi connectivity index (χ0) is 13.7. The summed E-state index contributed by atoms with van der Waals surface area (Å²) in [6, 6.07) is 2.87. The van der Waals surface area contributed by atoms with Gasteiger partial charge in [0.15, 0.2) is 0 Å². The molecule has 18 heavy (non-hydrogen) atoms. The van der Waals surface area contributed by atoms with E-state index in [9.17, 15) is 19.3 Å². The van der Waals surface area contributed by atoms with Crippen LogP contribution in [0, 0.1) is 15.9 Å². The first-order valence-corrected chi connectivity index (χ1v) is 6.19. The topological polar surface area (TPSA) is 72.2 Å². The maximum Gasteiger partial charge on any atom is 0.285 e. The smallest absolute Gasteiger partial charge is 0.285 e. The normalized spacial score (nSPS) is 11.9. The fourth-order valence-corrected chi connectivity index (χ4v) is 1.56. The fourth-order valence-electron chi connectivity index (χ4n) is 1.33. The Balaban J connectivity index is 2.82. The number of nitro benzene ring substituents is 1. The van der Waals surface area contributed by atoms with Crippen molar-refractivity contribution in [3.8, 4) is 0 Å². The van der Waals surface area contributed by atoms with Crippen LogP contribution in [0.25, 0.3) is 0 Å². The molecular weight excluding hydrogens is 307 g/mol. The second-order valence-electron chi connectivity index (χ2n) is 3.74. The third-order valence-corrected chi connectivity index (χ3v) is 2.69. The van der Waals surface area contributed by atoms with E-state index in [4.69, 9.17) is 0 Å². The average molecular weight is 319 g/mol. The van der Waals surface area contributed by atoms with Crippen molar-refractivity contribution in [3.05, 3.63) is 39.7 Å². The highest BCUT2D eigenvalue weighted by Gasteiger charge is 2.20. The van der Waals surface area contributed by atoms with Gasteiger partial charge in [0.25, 0.3) is 11.6 Å². The van der Waals surface area contributed by atoms with E-state index in [1.54, 1.807) is 0 Å². The molecule has 1 unspecified atom stereocenters. The molecule has 0 saturated heterocycles. The number of hydrogen-bond donors (Lipinski definition) is 1. The summed E-state index contributed by atoms with van der Waals surface area (Å²) in [4.78, 5) is 21.9. The predicted molar refractivity (Wildman–Crippen MR) is 68.4 cm³/mol. The Hall–Kier alpha value is -1.50. The number of nitrogens with zero attached hydrogens (tertiary/aromatic N) is 1. The van der Waals surface area contributed by atoms with Crippen molar-refractivity contribution in [1.82, 2.24) is 5.32 Å². The van der Waals surface area contributed by atoms with Crippen LogP contribution in [0.3, 0.4) is 0 Å². The Morgan fingerprint density at radius 2 is 2.28 bits per heavy atom. The fraction of sp³-hybridized carbons (Fsp3) is 0.364. The average Bonchev–Trinajstić information content (AvgIpc) is 2.28. The standard InChI is InChI=1S/C11H12BrFN2O3/c1-7(12)4-5-14-11(16)9-3-2-8(13)6-10(9)15(17)18/h2-3,6-7H,4-5H2,1H3,(H,14,16). The van der Waals surface area contributed by atoms with Crippen molar-refractivity contribution in [1.29, 1.82) is 0 Å². The van der Waals surface area contributed by atoms with Crippen molar-refractivity contribution in [2.24, 2.45) is 0 Å². The maximum absolute atomic E-state index is 12.9. The summed E-state index contributed by atoms with van der Waals surface area (Å²) in [5.74, 6) is -1.32. The monoisotopic (exact) mass is 318 g/mol. The summed E-state index contributed by atoms with van der Waals surface area (Å²) in [6.07, 6.45) is 0.695. The van der Waals surface area contributed by atoms with Gasteiger partial charge in [0.2, 0.25) is 0 Å². The zero-order valence-electron chi connectivity index (χ0n) is 9.65. The summed E-state index contributed by atoms with van der Waals surface area (Å²) in [7, 11) is 0. The molecule has 0 radical (unpaired) electrons. The van der Waals surface area contributed by atoms with E-state index in [1.807, 2.05) is 6.92 Å². The first-order chi connectivity index (χ1) is 8.41. The molecule has 0 aliphatic rings. The molecule has 0 aromatic heterocycles. The highest BCUT2D eigenvalue weighted by molar-refractivity contribution is 9.09. The lowest BCUT2D eigenvalue weighted by atomic mass is 10.1. The van der Waals surface area contributed by atoms with Gasteiger partial charge in [0.05, 0.1) is 11.0 Å².